The third-order valence-corrected chi connectivity index (χ3v) is 6.16. The topological polar surface area (TPSA) is 65.4 Å². The Morgan fingerprint density at radius 2 is 1.87 bits per heavy atom. The molecule has 1 aliphatic rings. The van der Waals surface area contributed by atoms with Crippen molar-refractivity contribution in [3.8, 4) is 22.8 Å². The number of aromatic nitrogens is 2. The number of ether oxygens (including phenoxy) is 2. The molecule has 1 aromatic heterocycles. The lowest BCUT2D eigenvalue weighted by Gasteiger charge is -2.19. The quantitative estimate of drug-likeness (QED) is 0.515. The van der Waals surface area contributed by atoms with Crippen LogP contribution in [0.15, 0.2) is 53.8 Å². The Bertz CT molecular complexity index is 1060. The summed E-state index contributed by atoms with van der Waals surface area (Å²) in [4.78, 5) is 17.0. The summed E-state index contributed by atoms with van der Waals surface area (Å²) in [5.41, 5.74) is 4.07. The highest BCUT2D eigenvalue weighted by Gasteiger charge is 2.17. The Morgan fingerprint density at radius 3 is 2.58 bits per heavy atom. The van der Waals surface area contributed by atoms with Crippen LogP contribution in [0, 0.1) is 0 Å². The first-order chi connectivity index (χ1) is 15.0. The highest BCUT2D eigenvalue weighted by molar-refractivity contribution is 7.99. The molecule has 162 valence electrons. The fraction of sp³-hybridized carbons (Fsp3) is 0.333. The third-order valence-electron chi connectivity index (χ3n) is 5.17. The minimum absolute atomic E-state index is 0.0474. The van der Waals surface area contributed by atoms with Crippen molar-refractivity contribution in [2.24, 2.45) is 0 Å². The molecule has 0 bridgehead atoms. The minimum atomic E-state index is -0.0474. The van der Waals surface area contributed by atoms with Crippen molar-refractivity contribution >= 4 is 23.4 Å². The lowest BCUT2D eigenvalue weighted by molar-refractivity contribution is -0.113. The zero-order chi connectivity index (χ0) is 21.8. The van der Waals surface area contributed by atoms with Gasteiger partial charge in [-0.1, -0.05) is 37.7 Å². The van der Waals surface area contributed by atoms with E-state index in [-0.39, 0.29) is 5.91 Å². The van der Waals surface area contributed by atoms with Crippen molar-refractivity contribution in [3.63, 3.8) is 0 Å². The molecule has 0 aliphatic carbocycles. The van der Waals surface area contributed by atoms with Crippen LogP contribution in [0.1, 0.15) is 32.3 Å². The molecule has 1 aliphatic heterocycles. The number of carbonyl (C=O) groups is 1. The summed E-state index contributed by atoms with van der Waals surface area (Å²) in [6, 6.07) is 13.9. The van der Waals surface area contributed by atoms with Gasteiger partial charge in [0.25, 0.3) is 0 Å². The molecule has 0 atom stereocenters. The molecule has 0 saturated carbocycles. The van der Waals surface area contributed by atoms with Crippen LogP contribution in [0.5, 0.6) is 11.5 Å². The van der Waals surface area contributed by atoms with Crippen LogP contribution in [0.2, 0.25) is 0 Å². The lowest BCUT2D eigenvalue weighted by atomic mass is 10.0. The first-order valence-corrected chi connectivity index (χ1v) is 11.5. The molecule has 2 aromatic carbocycles. The van der Waals surface area contributed by atoms with Crippen LogP contribution < -0.4 is 14.8 Å². The Morgan fingerprint density at radius 1 is 1.13 bits per heavy atom. The van der Waals surface area contributed by atoms with E-state index in [1.54, 1.807) is 0 Å². The maximum atomic E-state index is 12.4. The number of benzene rings is 2. The molecule has 7 heteroatoms. The molecule has 4 rings (SSSR count). The number of hydrogen-bond acceptors (Lipinski definition) is 5. The first kappa shape index (κ1) is 21.3. The number of carbonyl (C=O) groups excluding carboxylic acids is 1. The number of thioether (sulfide) groups is 1. The molecule has 0 unspecified atom stereocenters. The van der Waals surface area contributed by atoms with E-state index >= 15 is 0 Å². The van der Waals surface area contributed by atoms with Gasteiger partial charge in [0, 0.05) is 17.8 Å². The van der Waals surface area contributed by atoms with Gasteiger partial charge in [0.05, 0.1) is 17.6 Å². The van der Waals surface area contributed by atoms with Gasteiger partial charge in [-0.2, -0.15) is 0 Å². The molecule has 31 heavy (non-hydrogen) atoms. The fourth-order valence-electron chi connectivity index (χ4n) is 3.49. The van der Waals surface area contributed by atoms with E-state index in [1.165, 1.54) is 17.3 Å². The average molecular weight is 438 g/mol. The van der Waals surface area contributed by atoms with Gasteiger partial charge in [0.2, 0.25) is 5.91 Å². The molecular weight excluding hydrogens is 410 g/mol. The summed E-state index contributed by atoms with van der Waals surface area (Å²) in [6.07, 6.45) is 1.85. The van der Waals surface area contributed by atoms with Crippen LogP contribution >= 0.6 is 11.8 Å². The monoisotopic (exact) mass is 437 g/mol. The van der Waals surface area contributed by atoms with Crippen molar-refractivity contribution in [2.45, 2.75) is 38.4 Å². The van der Waals surface area contributed by atoms with Gasteiger partial charge in [-0.25, -0.2) is 4.98 Å². The van der Waals surface area contributed by atoms with E-state index in [9.17, 15) is 4.79 Å². The van der Waals surface area contributed by atoms with Crippen LogP contribution in [-0.4, -0.2) is 34.4 Å². The van der Waals surface area contributed by atoms with Crippen LogP contribution in [-0.2, 0) is 11.3 Å². The summed E-state index contributed by atoms with van der Waals surface area (Å²) >= 11 is 1.44. The van der Waals surface area contributed by atoms with Crippen LogP contribution in [0.4, 0.5) is 5.69 Å². The Kier molecular flexibility index (Phi) is 6.51. The molecule has 0 spiro atoms. The lowest BCUT2D eigenvalue weighted by Crippen LogP contribution is -2.15. The van der Waals surface area contributed by atoms with E-state index in [4.69, 9.17) is 9.47 Å². The first-order valence-electron chi connectivity index (χ1n) is 10.5. The van der Waals surface area contributed by atoms with Crippen LogP contribution in [0.3, 0.4) is 0 Å². The van der Waals surface area contributed by atoms with Gasteiger partial charge in [-0.3, -0.25) is 4.79 Å². The summed E-state index contributed by atoms with van der Waals surface area (Å²) < 4.78 is 13.4. The molecule has 0 saturated heterocycles. The number of hydrogen-bond donors (Lipinski definition) is 1. The number of nitrogens with zero attached hydrogens (tertiary/aromatic N) is 2. The molecule has 0 fully saturated rings. The highest BCUT2D eigenvalue weighted by atomic mass is 32.2. The zero-order valence-electron chi connectivity index (χ0n) is 18.1. The van der Waals surface area contributed by atoms with Gasteiger partial charge in [-0.05, 0) is 48.7 Å². The Hall–Kier alpha value is -2.93. The van der Waals surface area contributed by atoms with Crippen molar-refractivity contribution in [3.05, 3.63) is 54.2 Å². The Balaban J connectivity index is 1.42. The fourth-order valence-corrected chi connectivity index (χ4v) is 4.33. The van der Waals surface area contributed by atoms with E-state index in [2.05, 4.69) is 47.8 Å². The van der Waals surface area contributed by atoms with Crippen molar-refractivity contribution in [1.29, 1.82) is 0 Å². The average Bonchev–Trinajstić information content (AvgIpc) is 3.20. The molecule has 1 amide bonds. The summed E-state index contributed by atoms with van der Waals surface area (Å²) in [5.74, 6) is 2.24. The molecule has 6 nitrogen and oxygen atoms in total. The second kappa shape index (κ2) is 9.47. The highest BCUT2D eigenvalue weighted by Crippen LogP contribution is 2.35. The van der Waals surface area contributed by atoms with E-state index in [1.807, 2.05) is 36.5 Å². The zero-order valence-corrected chi connectivity index (χ0v) is 18.9. The number of imidazole rings is 1. The molecule has 3 aromatic rings. The molecule has 2 heterocycles. The molecule has 1 N–H and O–H groups in total. The molecule has 0 radical (unpaired) electrons. The second-order valence-corrected chi connectivity index (χ2v) is 8.58. The van der Waals surface area contributed by atoms with Crippen LogP contribution in [0.25, 0.3) is 11.3 Å². The van der Waals surface area contributed by atoms with Crippen molar-refractivity contribution < 1.29 is 14.3 Å². The maximum Gasteiger partial charge on any atom is 0.234 e. The van der Waals surface area contributed by atoms with Crippen molar-refractivity contribution in [2.75, 3.05) is 24.3 Å². The minimum Gasteiger partial charge on any atom is -0.486 e. The summed E-state index contributed by atoms with van der Waals surface area (Å²) in [6.45, 7) is 8.26. The standard InChI is InChI=1S/C24H27N3O3S/c1-4-27-20(18-7-10-21-22(13-18)30-12-11-29-21)14-25-24(27)31-15-23(28)26-19-8-5-17(6-9-19)16(2)3/h5-10,13-14,16H,4,11-12,15H2,1-3H3,(H,26,28). The van der Waals surface area contributed by atoms with Gasteiger partial charge < -0.3 is 19.4 Å². The normalized spacial score (nSPS) is 12.8. The summed E-state index contributed by atoms with van der Waals surface area (Å²) in [7, 11) is 0. The number of anilines is 1. The SMILES string of the molecule is CCn1c(-c2ccc3c(c2)OCCO3)cnc1SCC(=O)Nc1ccc(C(C)C)cc1. The maximum absolute atomic E-state index is 12.4. The smallest absolute Gasteiger partial charge is 0.234 e. The number of fused-ring (bicyclic) bond motifs is 1. The van der Waals surface area contributed by atoms with Gasteiger partial charge in [-0.15, -0.1) is 0 Å². The Labute approximate surface area is 187 Å². The van der Waals surface area contributed by atoms with Gasteiger partial charge >= 0.3 is 0 Å². The number of nitrogens with one attached hydrogen (secondary N) is 1. The van der Waals surface area contributed by atoms with E-state index in [0.29, 0.717) is 24.9 Å². The predicted octanol–water partition coefficient (Wildman–Crippen LogP) is 5.20. The number of amides is 1. The third kappa shape index (κ3) is 4.88. The van der Waals surface area contributed by atoms with Crippen molar-refractivity contribution in [1.82, 2.24) is 9.55 Å². The second-order valence-electron chi connectivity index (χ2n) is 7.64. The van der Waals surface area contributed by atoms with Gasteiger partial charge in [0.1, 0.15) is 13.2 Å². The molecular formula is C24H27N3O3S. The van der Waals surface area contributed by atoms with E-state index < -0.39 is 0 Å². The number of rotatable bonds is 7. The predicted molar refractivity (Wildman–Crippen MR) is 124 cm³/mol. The van der Waals surface area contributed by atoms with E-state index in [0.717, 1.165) is 40.1 Å². The largest absolute Gasteiger partial charge is 0.486 e. The van der Waals surface area contributed by atoms with Gasteiger partial charge in [0.15, 0.2) is 16.7 Å². The summed E-state index contributed by atoms with van der Waals surface area (Å²) in [5, 5.41) is 3.78.